The van der Waals surface area contributed by atoms with Crippen LogP contribution < -0.4 is 4.74 Å². The second-order valence-electron chi connectivity index (χ2n) is 8.03. The summed E-state index contributed by atoms with van der Waals surface area (Å²) >= 11 is 0. The summed E-state index contributed by atoms with van der Waals surface area (Å²) in [7, 11) is 0. The fourth-order valence-corrected chi connectivity index (χ4v) is 3.71. The highest BCUT2D eigenvalue weighted by Gasteiger charge is 2.33. The molecule has 0 aliphatic carbocycles. The molecule has 0 radical (unpaired) electrons. The summed E-state index contributed by atoms with van der Waals surface area (Å²) in [5.41, 5.74) is -0.955. The van der Waals surface area contributed by atoms with Gasteiger partial charge in [-0.1, -0.05) is 6.07 Å². The average Bonchev–Trinajstić information content (AvgIpc) is 3.23. The number of aliphatic carboxylic acids is 1. The molecule has 0 atom stereocenters. The number of carbonyl (C=O) groups excluding carboxylic acids is 2. The van der Waals surface area contributed by atoms with E-state index in [1.807, 2.05) is 0 Å². The van der Waals surface area contributed by atoms with Crippen molar-refractivity contribution in [3.63, 3.8) is 0 Å². The number of alkyl halides is 3. The lowest BCUT2D eigenvalue weighted by Crippen LogP contribution is -2.42. The number of carboxylic acids is 1. The number of ether oxygens (including phenoxy) is 2. The summed E-state index contributed by atoms with van der Waals surface area (Å²) in [5, 5.41) is 13.9. The topological polar surface area (TPSA) is 124 Å². The van der Waals surface area contributed by atoms with Gasteiger partial charge in [-0.2, -0.15) is 18.3 Å². The minimum absolute atomic E-state index is 0.0370. The van der Waals surface area contributed by atoms with Gasteiger partial charge in [0.1, 0.15) is 23.7 Å². The number of carboxylic acid groups (broad SMARTS) is 1. The van der Waals surface area contributed by atoms with E-state index in [0.29, 0.717) is 37.2 Å². The Balaban J connectivity index is 1.60. The van der Waals surface area contributed by atoms with Crippen molar-refractivity contribution in [2.24, 2.45) is 0 Å². The summed E-state index contributed by atoms with van der Waals surface area (Å²) in [5.74, 6) is -2.08. The second-order valence-corrected chi connectivity index (χ2v) is 8.03. The van der Waals surface area contributed by atoms with Crippen molar-refractivity contribution in [1.82, 2.24) is 19.7 Å². The van der Waals surface area contributed by atoms with E-state index in [2.05, 4.69) is 10.1 Å². The number of hydrogen-bond acceptors (Lipinski definition) is 7. The molecule has 2 aromatic heterocycles. The van der Waals surface area contributed by atoms with E-state index in [1.165, 1.54) is 22.9 Å². The Morgan fingerprint density at radius 1 is 1.14 bits per heavy atom. The zero-order chi connectivity index (χ0) is 25.9. The van der Waals surface area contributed by atoms with Gasteiger partial charge in [0.25, 0.3) is 0 Å². The van der Waals surface area contributed by atoms with Gasteiger partial charge in [0.05, 0.1) is 18.7 Å². The number of aromatic nitrogens is 3. The summed E-state index contributed by atoms with van der Waals surface area (Å²) in [6.07, 6.45) is -3.51. The number of halogens is 3. The average molecular weight is 506 g/mol. The first kappa shape index (κ1) is 25.1. The Morgan fingerprint density at radius 2 is 1.89 bits per heavy atom. The van der Waals surface area contributed by atoms with E-state index in [-0.39, 0.29) is 29.5 Å². The van der Waals surface area contributed by atoms with Gasteiger partial charge < -0.3 is 19.5 Å². The largest absolute Gasteiger partial charge is 0.482 e. The van der Waals surface area contributed by atoms with Crippen LogP contribution in [0.2, 0.25) is 0 Å². The van der Waals surface area contributed by atoms with Crippen LogP contribution in [0.25, 0.3) is 10.9 Å². The van der Waals surface area contributed by atoms with Gasteiger partial charge in [0.15, 0.2) is 12.4 Å². The molecule has 3 aromatic rings. The molecule has 1 N–H and O–H groups in total. The van der Waals surface area contributed by atoms with Crippen LogP contribution in [0.3, 0.4) is 0 Å². The Hall–Kier alpha value is -4.00. The monoisotopic (exact) mass is 506 g/mol. The number of Topliss-reactive ketones (excluding diaryl/α,β-unsaturated/α-hetero) is 1. The summed E-state index contributed by atoms with van der Waals surface area (Å²) in [6, 6.07) is 5.97. The Bertz CT molecular complexity index is 1300. The van der Waals surface area contributed by atoms with Crippen LogP contribution in [0.5, 0.6) is 5.75 Å². The van der Waals surface area contributed by atoms with Gasteiger partial charge >= 0.3 is 12.1 Å². The highest BCUT2D eigenvalue weighted by atomic mass is 19.4. The molecule has 1 saturated heterocycles. The van der Waals surface area contributed by atoms with Crippen molar-refractivity contribution in [1.29, 1.82) is 0 Å². The van der Waals surface area contributed by atoms with Crippen molar-refractivity contribution in [2.75, 3.05) is 32.9 Å². The van der Waals surface area contributed by atoms with E-state index < -0.39 is 36.7 Å². The molecule has 0 bridgehead atoms. The van der Waals surface area contributed by atoms with Crippen molar-refractivity contribution in [2.45, 2.75) is 19.1 Å². The van der Waals surface area contributed by atoms with Crippen LogP contribution in [0, 0.1) is 0 Å². The molecule has 36 heavy (non-hydrogen) atoms. The number of amides is 1. The molecule has 13 heteroatoms. The van der Waals surface area contributed by atoms with Crippen molar-refractivity contribution < 1.29 is 42.1 Å². The van der Waals surface area contributed by atoms with Crippen LogP contribution >= 0.6 is 0 Å². The molecule has 4 rings (SSSR count). The first-order valence-corrected chi connectivity index (χ1v) is 10.9. The highest BCUT2D eigenvalue weighted by molar-refractivity contribution is 5.97. The predicted octanol–water partition coefficient (Wildman–Crippen LogP) is 2.20. The maximum absolute atomic E-state index is 13.0. The summed E-state index contributed by atoms with van der Waals surface area (Å²) < 4.78 is 51.0. The number of ketones is 1. The first-order chi connectivity index (χ1) is 17.1. The number of morpholine rings is 1. The molecule has 1 aliphatic rings. The molecule has 10 nitrogen and oxygen atoms in total. The van der Waals surface area contributed by atoms with Crippen LogP contribution in [0.15, 0.2) is 36.5 Å². The van der Waals surface area contributed by atoms with Crippen LogP contribution in [-0.2, 0) is 33.5 Å². The number of fused-ring (bicyclic) bond motifs is 1. The molecular formula is C23H21F3N4O6. The number of carbonyl (C=O) groups is 3. The maximum Gasteiger partial charge on any atom is 0.433 e. The van der Waals surface area contributed by atoms with Crippen molar-refractivity contribution in [3.05, 3.63) is 53.5 Å². The number of hydrogen-bond donors (Lipinski definition) is 1. The molecule has 0 saturated carbocycles. The lowest BCUT2D eigenvalue weighted by molar-refractivity contribution is -0.141. The Kier molecular flexibility index (Phi) is 7.20. The molecule has 1 amide bonds. The minimum Gasteiger partial charge on any atom is -0.482 e. The van der Waals surface area contributed by atoms with Gasteiger partial charge in [-0.25, -0.2) is 9.78 Å². The number of rotatable bonds is 8. The van der Waals surface area contributed by atoms with E-state index in [1.54, 1.807) is 11.1 Å². The Labute approximate surface area is 202 Å². The number of benzene rings is 1. The van der Waals surface area contributed by atoms with Gasteiger partial charge in [0, 0.05) is 42.7 Å². The lowest BCUT2D eigenvalue weighted by Gasteiger charge is -2.26. The predicted molar refractivity (Wildman–Crippen MR) is 118 cm³/mol. The molecule has 1 fully saturated rings. The van der Waals surface area contributed by atoms with Gasteiger partial charge in [-0.15, -0.1) is 0 Å². The fourth-order valence-electron chi connectivity index (χ4n) is 3.71. The SMILES string of the molecule is O=C(O)COc1cc2nn(CC(=O)N3CCOCC3)cc2cc1CC(=O)c1cccc(C(F)(F)F)n1. The zero-order valence-electron chi connectivity index (χ0n) is 18.8. The van der Waals surface area contributed by atoms with Gasteiger partial charge in [-0.05, 0) is 18.2 Å². The van der Waals surface area contributed by atoms with Crippen LogP contribution in [0.1, 0.15) is 21.7 Å². The van der Waals surface area contributed by atoms with Crippen molar-refractivity contribution >= 4 is 28.6 Å². The van der Waals surface area contributed by atoms with E-state index >= 15 is 0 Å². The molecule has 0 unspecified atom stereocenters. The molecule has 1 aliphatic heterocycles. The maximum atomic E-state index is 13.0. The third kappa shape index (κ3) is 5.97. The van der Waals surface area contributed by atoms with Crippen LogP contribution in [-0.4, -0.2) is 75.3 Å². The van der Waals surface area contributed by atoms with E-state index in [0.717, 1.165) is 12.1 Å². The standard InChI is InChI=1S/C23H21F3N4O6/c24-23(25,26)20-3-1-2-16(27-20)18(31)9-14-8-15-11-30(12-21(32)29-4-6-35-7-5-29)28-17(15)10-19(14)36-13-22(33)34/h1-3,8,10-11H,4-7,9,12-13H2,(H,33,34). The summed E-state index contributed by atoms with van der Waals surface area (Å²) in [4.78, 5) is 41.4. The van der Waals surface area contributed by atoms with E-state index in [9.17, 15) is 27.6 Å². The second kappa shape index (κ2) is 10.3. The molecule has 0 spiro atoms. The fraction of sp³-hybridized carbons (Fsp3) is 0.348. The van der Waals surface area contributed by atoms with Crippen molar-refractivity contribution in [3.8, 4) is 5.75 Å². The van der Waals surface area contributed by atoms with Gasteiger partial charge in [-0.3, -0.25) is 14.3 Å². The molecular weight excluding hydrogens is 485 g/mol. The zero-order valence-corrected chi connectivity index (χ0v) is 18.8. The molecule has 3 heterocycles. The molecule has 1 aromatic carbocycles. The molecule has 190 valence electrons. The first-order valence-electron chi connectivity index (χ1n) is 10.9. The quantitative estimate of drug-likeness (QED) is 0.462. The lowest BCUT2D eigenvalue weighted by atomic mass is 10.0. The third-order valence-electron chi connectivity index (χ3n) is 5.42. The van der Waals surface area contributed by atoms with E-state index in [4.69, 9.17) is 14.6 Å². The van der Waals surface area contributed by atoms with Gasteiger partial charge in [0.2, 0.25) is 5.91 Å². The third-order valence-corrected chi connectivity index (χ3v) is 5.42. The minimum atomic E-state index is -4.71. The normalized spacial score (nSPS) is 14.1. The summed E-state index contributed by atoms with van der Waals surface area (Å²) in [6.45, 7) is 1.11. The van der Waals surface area contributed by atoms with Crippen LogP contribution in [0.4, 0.5) is 13.2 Å². The highest BCUT2D eigenvalue weighted by Crippen LogP contribution is 2.29. The smallest absolute Gasteiger partial charge is 0.433 e. The number of pyridine rings is 1. The Morgan fingerprint density at radius 3 is 2.58 bits per heavy atom. The number of nitrogens with zero attached hydrogens (tertiary/aromatic N) is 4.